The second-order valence-electron chi connectivity index (χ2n) is 6.50. The van der Waals surface area contributed by atoms with Crippen molar-refractivity contribution in [2.75, 3.05) is 18.1 Å². The van der Waals surface area contributed by atoms with E-state index in [9.17, 15) is 0 Å². The van der Waals surface area contributed by atoms with Crippen LogP contribution in [0.25, 0.3) is 11.5 Å². The third-order valence-corrected chi connectivity index (χ3v) is 4.51. The summed E-state index contributed by atoms with van der Waals surface area (Å²) >= 11 is 0. The maximum absolute atomic E-state index is 5.75. The van der Waals surface area contributed by atoms with Crippen LogP contribution in [-0.2, 0) is 13.0 Å². The summed E-state index contributed by atoms with van der Waals surface area (Å²) in [4.78, 5) is 11.1. The second-order valence-corrected chi connectivity index (χ2v) is 6.50. The molecule has 26 heavy (non-hydrogen) atoms. The first-order valence-corrected chi connectivity index (χ1v) is 8.99. The summed E-state index contributed by atoms with van der Waals surface area (Å²) in [7, 11) is 0. The molecule has 6 nitrogen and oxygen atoms in total. The van der Waals surface area contributed by atoms with Gasteiger partial charge in [-0.05, 0) is 55.2 Å². The number of anilines is 1. The predicted octanol–water partition coefficient (Wildman–Crippen LogP) is 3.79. The maximum atomic E-state index is 5.75. The number of hydrogen-bond acceptors (Lipinski definition) is 6. The highest BCUT2D eigenvalue weighted by atomic mass is 16.5. The van der Waals surface area contributed by atoms with Crippen molar-refractivity contribution in [2.45, 2.75) is 33.2 Å². The normalized spacial score (nSPS) is 13.5. The number of aromatic nitrogens is 3. The van der Waals surface area contributed by atoms with Crippen molar-refractivity contribution < 1.29 is 9.26 Å². The molecule has 0 saturated carbocycles. The van der Waals surface area contributed by atoms with E-state index >= 15 is 0 Å². The molecule has 6 heteroatoms. The fourth-order valence-corrected chi connectivity index (χ4v) is 3.17. The first kappa shape index (κ1) is 16.6. The Morgan fingerprint density at radius 3 is 2.92 bits per heavy atom. The van der Waals surface area contributed by atoms with E-state index < -0.39 is 0 Å². The highest BCUT2D eigenvalue weighted by Gasteiger charge is 2.19. The van der Waals surface area contributed by atoms with Crippen molar-refractivity contribution in [3.05, 3.63) is 53.5 Å². The van der Waals surface area contributed by atoms with E-state index in [1.54, 1.807) is 6.20 Å². The number of rotatable bonds is 5. The van der Waals surface area contributed by atoms with Gasteiger partial charge in [0.25, 0.3) is 5.89 Å². The minimum Gasteiger partial charge on any atom is -0.494 e. The van der Waals surface area contributed by atoms with Crippen molar-refractivity contribution in [2.24, 2.45) is 0 Å². The zero-order valence-electron chi connectivity index (χ0n) is 15.1. The third-order valence-electron chi connectivity index (χ3n) is 4.51. The molecule has 1 aliphatic heterocycles. The van der Waals surface area contributed by atoms with Crippen LogP contribution in [0.3, 0.4) is 0 Å². The fraction of sp³-hybridized carbons (Fsp3) is 0.350. The summed E-state index contributed by atoms with van der Waals surface area (Å²) in [6, 6.07) is 10.3. The van der Waals surface area contributed by atoms with Crippen LogP contribution in [0.1, 0.15) is 30.3 Å². The molecule has 3 heterocycles. The number of pyridine rings is 1. The topological polar surface area (TPSA) is 64.3 Å². The van der Waals surface area contributed by atoms with Gasteiger partial charge in [-0.3, -0.25) is 0 Å². The van der Waals surface area contributed by atoms with Crippen molar-refractivity contribution in [1.82, 2.24) is 15.1 Å². The van der Waals surface area contributed by atoms with Crippen molar-refractivity contribution in [3.8, 4) is 17.2 Å². The molecule has 0 saturated heterocycles. The highest BCUT2D eigenvalue weighted by Crippen LogP contribution is 2.28. The van der Waals surface area contributed by atoms with Crippen molar-refractivity contribution >= 4 is 5.82 Å². The Labute approximate surface area is 152 Å². The van der Waals surface area contributed by atoms with Gasteiger partial charge in [0.15, 0.2) is 5.82 Å². The predicted molar refractivity (Wildman–Crippen MR) is 99.2 cm³/mol. The zero-order valence-corrected chi connectivity index (χ0v) is 15.1. The van der Waals surface area contributed by atoms with Gasteiger partial charge < -0.3 is 14.2 Å². The second kappa shape index (κ2) is 7.15. The van der Waals surface area contributed by atoms with E-state index in [-0.39, 0.29) is 0 Å². The summed E-state index contributed by atoms with van der Waals surface area (Å²) in [6.45, 7) is 6.45. The van der Waals surface area contributed by atoms with E-state index in [4.69, 9.17) is 9.26 Å². The van der Waals surface area contributed by atoms with Crippen molar-refractivity contribution in [1.29, 1.82) is 0 Å². The molecule has 1 aromatic carbocycles. The molecule has 1 aliphatic rings. The van der Waals surface area contributed by atoms with Crippen LogP contribution >= 0.6 is 0 Å². The molecule has 0 bridgehead atoms. The van der Waals surface area contributed by atoms with Gasteiger partial charge in [-0.15, -0.1) is 0 Å². The third kappa shape index (κ3) is 3.40. The summed E-state index contributed by atoms with van der Waals surface area (Å²) in [5.74, 6) is 3.05. The molecule has 0 radical (unpaired) electrons. The van der Waals surface area contributed by atoms with Crippen LogP contribution in [0, 0.1) is 6.92 Å². The van der Waals surface area contributed by atoms with E-state index in [1.165, 1.54) is 11.1 Å². The summed E-state index contributed by atoms with van der Waals surface area (Å²) < 4.78 is 11.0. The molecule has 0 fully saturated rings. The Morgan fingerprint density at radius 1 is 1.19 bits per heavy atom. The van der Waals surface area contributed by atoms with Gasteiger partial charge in [-0.1, -0.05) is 18.1 Å². The Balaban J connectivity index is 1.54. The highest BCUT2D eigenvalue weighted by molar-refractivity contribution is 5.59. The standard InChI is InChI=1S/C20H22N4O2/c1-3-10-25-18-5-4-17-13-24(9-7-15(17)11-18)19-12-16(6-8-21-19)20-22-14(2)23-26-20/h4-6,8,11-12H,3,7,9-10,13H2,1-2H3. The number of fused-ring (bicyclic) bond motifs is 1. The monoisotopic (exact) mass is 350 g/mol. The lowest BCUT2D eigenvalue weighted by molar-refractivity contribution is 0.317. The molecule has 0 N–H and O–H groups in total. The lowest BCUT2D eigenvalue weighted by atomic mass is 9.99. The Kier molecular flexibility index (Phi) is 4.56. The Hall–Kier alpha value is -2.89. The minimum absolute atomic E-state index is 0.529. The van der Waals surface area contributed by atoms with Crippen LogP contribution in [0.4, 0.5) is 5.82 Å². The van der Waals surface area contributed by atoms with Gasteiger partial charge >= 0.3 is 0 Å². The molecule has 3 aromatic rings. The SMILES string of the molecule is CCCOc1ccc2c(c1)CCN(c1cc(-c3nc(C)no3)ccn1)C2. The number of aryl methyl sites for hydroxylation is 1. The molecule has 0 atom stereocenters. The average molecular weight is 350 g/mol. The molecule has 0 unspecified atom stereocenters. The van der Waals surface area contributed by atoms with Gasteiger partial charge in [-0.25, -0.2) is 4.98 Å². The fourth-order valence-electron chi connectivity index (χ4n) is 3.17. The average Bonchev–Trinajstić information content (AvgIpc) is 3.12. The number of ether oxygens (including phenoxy) is 1. The lowest BCUT2D eigenvalue weighted by Gasteiger charge is -2.30. The van der Waals surface area contributed by atoms with Gasteiger partial charge in [0.2, 0.25) is 0 Å². The van der Waals surface area contributed by atoms with Crippen LogP contribution in [-0.4, -0.2) is 28.3 Å². The molecule has 0 aliphatic carbocycles. The Bertz CT molecular complexity index is 906. The largest absolute Gasteiger partial charge is 0.494 e. The zero-order chi connectivity index (χ0) is 17.9. The summed E-state index contributed by atoms with van der Waals surface area (Å²) in [6.07, 6.45) is 3.79. The number of benzene rings is 1. The number of hydrogen-bond donors (Lipinski definition) is 0. The van der Waals surface area contributed by atoms with Gasteiger partial charge in [0, 0.05) is 24.8 Å². The molecule has 2 aromatic heterocycles. The van der Waals surface area contributed by atoms with Crippen LogP contribution < -0.4 is 9.64 Å². The van der Waals surface area contributed by atoms with Crippen LogP contribution in [0.5, 0.6) is 5.75 Å². The van der Waals surface area contributed by atoms with E-state index in [1.807, 2.05) is 19.1 Å². The van der Waals surface area contributed by atoms with Gasteiger partial charge in [0.05, 0.1) is 6.61 Å². The van der Waals surface area contributed by atoms with Crippen LogP contribution in [0.15, 0.2) is 41.1 Å². The van der Waals surface area contributed by atoms with E-state index in [2.05, 4.69) is 45.1 Å². The minimum atomic E-state index is 0.529. The molecule has 0 spiro atoms. The Morgan fingerprint density at radius 2 is 2.12 bits per heavy atom. The smallest absolute Gasteiger partial charge is 0.258 e. The molecule has 0 amide bonds. The molecular formula is C20H22N4O2. The molecule has 4 rings (SSSR count). The lowest BCUT2D eigenvalue weighted by Crippen LogP contribution is -2.31. The van der Waals surface area contributed by atoms with E-state index in [0.29, 0.717) is 11.7 Å². The van der Waals surface area contributed by atoms with Crippen molar-refractivity contribution in [3.63, 3.8) is 0 Å². The maximum Gasteiger partial charge on any atom is 0.258 e. The molecular weight excluding hydrogens is 328 g/mol. The first-order valence-electron chi connectivity index (χ1n) is 8.99. The number of nitrogens with zero attached hydrogens (tertiary/aromatic N) is 4. The van der Waals surface area contributed by atoms with Gasteiger partial charge in [0.1, 0.15) is 11.6 Å². The van der Waals surface area contributed by atoms with Gasteiger partial charge in [-0.2, -0.15) is 4.98 Å². The molecule has 134 valence electrons. The quantitative estimate of drug-likeness (QED) is 0.697. The summed E-state index contributed by atoms with van der Waals surface area (Å²) in [5, 5.41) is 3.86. The first-order chi connectivity index (χ1) is 12.7. The van der Waals surface area contributed by atoms with Crippen LogP contribution in [0.2, 0.25) is 0 Å². The van der Waals surface area contributed by atoms with E-state index in [0.717, 1.165) is 49.7 Å². The summed E-state index contributed by atoms with van der Waals surface area (Å²) in [5.41, 5.74) is 3.57.